The minimum atomic E-state index is -0.356. The van der Waals surface area contributed by atoms with E-state index in [4.69, 9.17) is 19.6 Å². The molecule has 0 saturated heterocycles. The van der Waals surface area contributed by atoms with E-state index in [-0.39, 0.29) is 11.6 Å². The molecule has 0 amide bonds. The van der Waals surface area contributed by atoms with Crippen LogP contribution in [0.15, 0.2) is 24.3 Å². The molecule has 24 heavy (non-hydrogen) atoms. The van der Waals surface area contributed by atoms with E-state index in [2.05, 4.69) is 11.4 Å². The van der Waals surface area contributed by atoms with E-state index >= 15 is 0 Å². The standard InChI is InChI=1S/C8H17NO2.C8H7N.2CH2O/c1-8(2,3)11-7(10)5-6-9-4;1-7-2-4-8(6-9)5-3-7;2*1-2/h9H,5-6H2,1-4H3;2-5H,1H3;2*1H2. The quantitative estimate of drug-likeness (QED) is 0.852. The van der Waals surface area contributed by atoms with Gasteiger partial charge in [-0.1, -0.05) is 17.7 Å². The summed E-state index contributed by atoms with van der Waals surface area (Å²) in [7, 11) is 1.81. The largest absolute Gasteiger partial charge is 0.460 e. The number of carbonyl (C=O) groups is 3. The number of hydrogen-bond donors (Lipinski definition) is 1. The minimum Gasteiger partial charge on any atom is -0.460 e. The molecule has 0 unspecified atom stereocenters. The number of nitrogens with zero attached hydrogens (tertiary/aromatic N) is 1. The van der Waals surface area contributed by atoms with E-state index in [1.165, 1.54) is 5.56 Å². The van der Waals surface area contributed by atoms with Gasteiger partial charge in [0.05, 0.1) is 18.1 Å². The van der Waals surface area contributed by atoms with Gasteiger partial charge in [-0.3, -0.25) is 4.79 Å². The van der Waals surface area contributed by atoms with Crippen molar-refractivity contribution in [2.75, 3.05) is 13.6 Å². The maximum Gasteiger partial charge on any atom is 0.307 e. The van der Waals surface area contributed by atoms with Gasteiger partial charge in [-0.15, -0.1) is 0 Å². The molecule has 0 fully saturated rings. The van der Waals surface area contributed by atoms with Crippen molar-refractivity contribution in [1.29, 1.82) is 5.26 Å². The fourth-order valence-electron chi connectivity index (χ4n) is 1.25. The number of nitrogens with one attached hydrogen (secondary N) is 1. The fraction of sp³-hybridized carbons (Fsp3) is 0.444. The average Bonchev–Trinajstić information content (AvgIpc) is 2.56. The third-order valence-electron chi connectivity index (χ3n) is 2.18. The van der Waals surface area contributed by atoms with E-state index < -0.39 is 0 Å². The molecule has 134 valence electrons. The molecule has 0 heterocycles. The highest BCUT2D eigenvalue weighted by Crippen LogP contribution is 2.07. The normalized spacial score (nSPS) is 8.67. The lowest BCUT2D eigenvalue weighted by molar-refractivity contribution is -0.154. The van der Waals surface area contributed by atoms with E-state index in [0.717, 1.165) is 5.56 Å². The van der Waals surface area contributed by atoms with Crippen molar-refractivity contribution in [2.24, 2.45) is 0 Å². The summed E-state index contributed by atoms with van der Waals surface area (Å²) in [6.07, 6.45) is 0.438. The number of rotatable bonds is 3. The molecule has 1 rings (SSSR count). The number of benzene rings is 1. The van der Waals surface area contributed by atoms with Gasteiger partial charge >= 0.3 is 5.97 Å². The zero-order valence-electron chi connectivity index (χ0n) is 15.2. The van der Waals surface area contributed by atoms with Crippen molar-refractivity contribution >= 4 is 19.5 Å². The van der Waals surface area contributed by atoms with Crippen molar-refractivity contribution in [3.63, 3.8) is 0 Å². The molecule has 0 aliphatic rings. The summed E-state index contributed by atoms with van der Waals surface area (Å²) >= 11 is 0. The van der Waals surface area contributed by atoms with Crippen molar-refractivity contribution < 1.29 is 19.1 Å². The lowest BCUT2D eigenvalue weighted by Gasteiger charge is -2.19. The molecule has 1 N–H and O–H groups in total. The van der Waals surface area contributed by atoms with Gasteiger partial charge in [0, 0.05) is 6.54 Å². The minimum absolute atomic E-state index is 0.146. The topological polar surface area (TPSA) is 96.3 Å². The first-order valence-corrected chi connectivity index (χ1v) is 7.19. The van der Waals surface area contributed by atoms with Gasteiger partial charge in [0.25, 0.3) is 0 Å². The summed E-state index contributed by atoms with van der Waals surface area (Å²) in [5, 5.41) is 11.3. The Morgan fingerprint density at radius 2 is 1.62 bits per heavy atom. The number of carbonyl (C=O) groups excluding carboxylic acids is 3. The van der Waals surface area contributed by atoms with Crippen LogP contribution >= 0.6 is 0 Å². The molecule has 1 aromatic carbocycles. The van der Waals surface area contributed by atoms with Crippen molar-refractivity contribution in [1.82, 2.24) is 5.32 Å². The van der Waals surface area contributed by atoms with Gasteiger partial charge in [-0.25, -0.2) is 0 Å². The van der Waals surface area contributed by atoms with E-state index in [1.54, 1.807) is 0 Å². The number of ether oxygens (including phenoxy) is 1. The second kappa shape index (κ2) is 16.8. The molecule has 1 aromatic rings. The summed E-state index contributed by atoms with van der Waals surface area (Å²) in [5.74, 6) is -0.146. The van der Waals surface area contributed by atoms with E-state index in [1.807, 2.05) is 72.6 Å². The smallest absolute Gasteiger partial charge is 0.307 e. The predicted octanol–water partition coefficient (Wildman–Crippen LogP) is 2.43. The molecule has 0 aliphatic carbocycles. The lowest BCUT2D eigenvalue weighted by Crippen LogP contribution is -2.25. The number of nitriles is 1. The van der Waals surface area contributed by atoms with Crippen molar-refractivity contribution in [3.05, 3.63) is 35.4 Å². The first-order chi connectivity index (χ1) is 11.3. The van der Waals surface area contributed by atoms with Gasteiger partial charge in [-0.2, -0.15) is 5.26 Å². The van der Waals surface area contributed by atoms with Crippen LogP contribution in [0.3, 0.4) is 0 Å². The van der Waals surface area contributed by atoms with Crippen molar-refractivity contribution in [3.8, 4) is 6.07 Å². The molecule has 6 heteroatoms. The monoisotopic (exact) mass is 336 g/mol. The van der Waals surface area contributed by atoms with Crippen molar-refractivity contribution in [2.45, 2.75) is 39.7 Å². The Kier molecular flexibility index (Phi) is 18.5. The predicted molar refractivity (Wildman–Crippen MR) is 94.5 cm³/mol. The maximum atomic E-state index is 11.0. The Hall–Kier alpha value is -2.52. The first-order valence-electron chi connectivity index (χ1n) is 7.19. The van der Waals surface area contributed by atoms with Gasteiger partial charge in [0.1, 0.15) is 19.2 Å². The van der Waals surface area contributed by atoms with Crippen LogP contribution in [0.5, 0.6) is 0 Å². The molecular weight excluding hydrogens is 308 g/mol. The Labute approximate surface area is 144 Å². The molecule has 0 aromatic heterocycles. The van der Waals surface area contributed by atoms with Gasteiger partial charge in [-0.05, 0) is 46.9 Å². The number of hydrogen-bond acceptors (Lipinski definition) is 6. The Morgan fingerprint density at radius 3 is 1.96 bits per heavy atom. The van der Waals surface area contributed by atoms with Crippen LogP contribution in [0.25, 0.3) is 0 Å². The summed E-state index contributed by atoms with van der Waals surface area (Å²) in [5.41, 5.74) is 1.56. The summed E-state index contributed by atoms with van der Waals surface area (Å²) in [6, 6.07) is 9.54. The zero-order chi connectivity index (χ0) is 19.6. The molecular formula is C18H28N2O4. The molecule has 0 radical (unpaired) electrons. The summed E-state index contributed by atoms with van der Waals surface area (Å²) < 4.78 is 5.06. The maximum absolute atomic E-state index is 11.0. The lowest BCUT2D eigenvalue weighted by atomic mass is 10.2. The van der Waals surface area contributed by atoms with Crippen LogP contribution in [-0.4, -0.2) is 38.7 Å². The fourth-order valence-corrected chi connectivity index (χ4v) is 1.25. The van der Waals surface area contributed by atoms with Crippen LogP contribution in [0, 0.1) is 18.3 Å². The molecule has 0 atom stereocenters. The average molecular weight is 336 g/mol. The second-order valence-electron chi connectivity index (χ2n) is 5.42. The SMILES string of the molecule is C=O.C=O.CNCCC(=O)OC(C)(C)C.Cc1ccc(C#N)cc1. The third-order valence-corrected chi connectivity index (χ3v) is 2.18. The third kappa shape index (κ3) is 19.5. The second-order valence-corrected chi connectivity index (χ2v) is 5.42. The van der Waals surface area contributed by atoms with E-state index in [9.17, 15) is 4.79 Å². The van der Waals surface area contributed by atoms with Gasteiger partial charge < -0.3 is 19.6 Å². The molecule has 0 spiro atoms. The van der Waals surface area contributed by atoms with Crippen LogP contribution < -0.4 is 5.32 Å². The highest BCUT2D eigenvalue weighted by atomic mass is 16.6. The highest BCUT2D eigenvalue weighted by Gasteiger charge is 2.14. The van der Waals surface area contributed by atoms with Crippen LogP contribution in [0.2, 0.25) is 0 Å². The summed E-state index contributed by atoms with van der Waals surface area (Å²) in [4.78, 5) is 27.0. The molecule has 0 bridgehead atoms. The molecule has 6 nitrogen and oxygen atoms in total. The first kappa shape index (κ1) is 26.4. The zero-order valence-corrected chi connectivity index (χ0v) is 15.2. The highest BCUT2D eigenvalue weighted by molar-refractivity contribution is 5.70. The van der Waals surface area contributed by atoms with Crippen LogP contribution in [0.4, 0.5) is 0 Å². The molecule has 0 saturated carbocycles. The van der Waals surface area contributed by atoms with Gasteiger partial charge in [0.2, 0.25) is 0 Å². The van der Waals surface area contributed by atoms with Gasteiger partial charge in [0.15, 0.2) is 0 Å². The number of aryl methyl sites for hydroxylation is 1. The van der Waals surface area contributed by atoms with Crippen LogP contribution in [-0.2, 0) is 19.1 Å². The Balaban J connectivity index is -0.000000307. The Bertz CT molecular complexity index is 471. The Morgan fingerprint density at radius 1 is 1.17 bits per heavy atom. The van der Waals surface area contributed by atoms with E-state index in [0.29, 0.717) is 13.0 Å². The number of esters is 1. The molecule has 0 aliphatic heterocycles. The van der Waals surface area contributed by atoms with Crippen LogP contribution in [0.1, 0.15) is 38.3 Å². The summed E-state index contributed by atoms with van der Waals surface area (Å²) in [6.45, 7) is 12.3.